The maximum atomic E-state index is 12.6. The summed E-state index contributed by atoms with van der Waals surface area (Å²) in [5.41, 5.74) is 2.68. The molecule has 0 spiro atoms. The van der Waals surface area contributed by atoms with E-state index in [-0.39, 0.29) is 23.8 Å². The molecule has 6 nitrogen and oxygen atoms in total. The van der Waals surface area contributed by atoms with Crippen LogP contribution < -0.4 is 5.32 Å². The van der Waals surface area contributed by atoms with Gasteiger partial charge in [0.1, 0.15) is 5.69 Å². The van der Waals surface area contributed by atoms with Crippen LogP contribution in [0.3, 0.4) is 0 Å². The van der Waals surface area contributed by atoms with E-state index in [1.807, 2.05) is 54.0 Å². The number of hydrogen-bond acceptors (Lipinski definition) is 3. The lowest BCUT2D eigenvalue weighted by Crippen LogP contribution is -2.35. The number of nitrogens with one attached hydrogen (secondary N) is 1. The molecule has 136 valence electrons. The summed E-state index contributed by atoms with van der Waals surface area (Å²) < 4.78 is 1.83. The van der Waals surface area contributed by atoms with E-state index in [0.29, 0.717) is 24.7 Å². The molecular formula is C20H24N4O2. The van der Waals surface area contributed by atoms with E-state index in [2.05, 4.69) is 10.3 Å². The largest absolute Gasteiger partial charge is 0.350 e. The Kier molecular flexibility index (Phi) is 4.26. The lowest BCUT2D eigenvalue weighted by Gasteiger charge is -2.28. The molecule has 2 aromatic heterocycles. The molecule has 2 amide bonds. The summed E-state index contributed by atoms with van der Waals surface area (Å²) in [6.07, 6.45) is 8.10. The van der Waals surface area contributed by atoms with E-state index in [0.717, 1.165) is 24.0 Å². The zero-order valence-electron chi connectivity index (χ0n) is 15.2. The Bertz CT molecular complexity index is 806. The first kappa shape index (κ1) is 16.8. The third-order valence-electron chi connectivity index (χ3n) is 5.45. The summed E-state index contributed by atoms with van der Waals surface area (Å²) in [4.78, 5) is 31.5. The Morgan fingerprint density at radius 2 is 2.15 bits per heavy atom. The van der Waals surface area contributed by atoms with Gasteiger partial charge in [0.2, 0.25) is 5.91 Å². The molecule has 1 saturated heterocycles. The molecule has 2 aromatic rings. The maximum Gasteiger partial charge on any atom is 0.268 e. The fourth-order valence-electron chi connectivity index (χ4n) is 4.08. The molecule has 0 unspecified atom stereocenters. The number of amides is 2. The average Bonchev–Trinajstić information content (AvgIpc) is 3.34. The molecule has 6 heteroatoms. The number of hydrogen-bond donors (Lipinski definition) is 1. The van der Waals surface area contributed by atoms with Gasteiger partial charge in [-0.05, 0) is 43.0 Å². The molecule has 0 bridgehead atoms. The van der Waals surface area contributed by atoms with Gasteiger partial charge in [0.15, 0.2) is 0 Å². The minimum Gasteiger partial charge on any atom is -0.350 e. The maximum absolute atomic E-state index is 12.6. The quantitative estimate of drug-likeness (QED) is 0.897. The smallest absolute Gasteiger partial charge is 0.268 e. The monoisotopic (exact) mass is 352 g/mol. The highest BCUT2D eigenvalue weighted by atomic mass is 16.2. The summed E-state index contributed by atoms with van der Waals surface area (Å²) in [7, 11) is 1.87. The van der Waals surface area contributed by atoms with Crippen LogP contribution in [0, 0.1) is 12.8 Å². The van der Waals surface area contributed by atoms with Crippen molar-refractivity contribution in [3.8, 4) is 0 Å². The minimum absolute atomic E-state index is 0.00138. The van der Waals surface area contributed by atoms with Crippen LogP contribution in [0.25, 0.3) is 0 Å². The van der Waals surface area contributed by atoms with Crippen LogP contribution in [0.5, 0.6) is 0 Å². The number of rotatable bonds is 5. The fourth-order valence-corrected chi connectivity index (χ4v) is 4.08. The lowest BCUT2D eigenvalue weighted by molar-refractivity contribution is -0.129. The van der Waals surface area contributed by atoms with Gasteiger partial charge in [-0.15, -0.1) is 0 Å². The second-order valence-corrected chi connectivity index (χ2v) is 7.40. The molecule has 1 aliphatic carbocycles. The fraction of sp³-hybridized carbons (Fsp3) is 0.450. The number of aryl methyl sites for hydroxylation is 2. The van der Waals surface area contributed by atoms with Crippen LogP contribution in [0.15, 0.2) is 36.8 Å². The van der Waals surface area contributed by atoms with Crippen molar-refractivity contribution in [2.24, 2.45) is 13.0 Å². The van der Waals surface area contributed by atoms with Crippen molar-refractivity contribution >= 4 is 11.8 Å². The molecule has 0 aromatic carbocycles. The first-order valence-corrected chi connectivity index (χ1v) is 9.17. The number of nitrogens with zero attached hydrogens (tertiary/aromatic N) is 3. The van der Waals surface area contributed by atoms with Gasteiger partial charge in [-0.3, -0.25) is 14.6 Å². The molecule has 0 radical (unpaired) electrons. The Balaban J connectivity index is 1.53. The highest BCUT2D eigenvalue weighted by Crippen LogP contribution is 2.44. The van der Waals surface area contributed by atoms with E-state index in [1.54, 1.807) is 6.20 Å². The SMILES string of the molecule is Cc1ccn(C)c1C(=O)NC[C@@H]1CC(=O)N(C2CC2)[C@H]1c1cccnc1. The standard InChI is InChI=1S/C20H24N4O2/c1-13-7-9-23(2)18(13)20(26)22-12-15-10-17(25)24(16-5-6-16)19(15)14-4-3-8-21-11-14/h3-4,7-9,11,15-16,19H,5-6,10,12H2,1-2H3,(H,22,26)/t15-,19-/m0/s1. The highest BCUT2D eigenvalue weighted by Gasteiger charge is 2.47. The molecule has 4 rings (SSSR count). The zero-order valence-corrected chi connectivity index (χ0v) is 15.2. The summed E-state index contributed by atoms with van der Waals surface area (Å²) in [6, 6.07) is 6.22. The van der Waals surface area contributed by atoms with Crippen LogP contribution in [-0.4, -0.2) is 38.9 Å². The topological polar surface area (TPSA) is 67.2 Å². The van der Waals surface area contributed by atoms with Crippen molar-refractivity contribution in [1.29, 1.82) is 0 Å². The number of carbonyl (C=O) groups excluding carboxylic acids is 2. The molecule has 1 N–H and O–H groups in total. The Labute approximate surface area is 153 Å². The Morgan fingerprint density at radius 3 is 2.77 bits per heavy atom. The van der Waals surface area contributed by atoms with Crippen molar-refractivity contribution in [1.82, 2.24) is 19.8 Å². The summed E-state index contributed by atoms with van der Waals surface area (Å²) in [5, 5.41) is 3.05. The summed E-state index contributed by atoms with van der Waals surface area (Å²) in [5.74, 6) is 0.171. The van der Waals surface area contributed by atoms with Crippen LogP contribution in [0.4, 0.5) is 0 Å². The summed E-state index contributed by atoms with van der Waals surface area (Å²) in [6.45, 7) is 2.42. The predicted molar refractivity (Wildman–Crippen MR) is 97.4 cm³/mol. The van der Waals surface area contributed by atoms with Gasteiger partial charge in [-0.1, -0.05) is 6.07 Å². The second kappa shape index (κ2) is 6.59. The van der Waals surface area contributed by atoms with Crippen molar-refractivity contribution < 1.29 is 9.59 Å². The average molecular weight is 352 g/mol. The van der Waals surface area contributed by atoms with Gasteiger partial charge in [0.05, 0.1) is 6.04 Å². The van der Waals surface area contributed by atoms with Gasteiger partial charge in [-0.2, -0.15) is 0 Å². The number of likely N-dealkylation sites (tertiary alicyclic amines) is 1. The molecule has 1 saturated carbocycles. The van der Waals surface area contributed by atoms with Gasteiger partial charge >= 0.3 is 0 Å². The van der Waals surface area contributed by atoms with Gasteiger partial charge in [0, 0.05) is 50.6 Å². The van der Waals surface area contributed by atoms with E-state index >= 15 is 0 Å². The van der Waals surface area contributed by atoms with Crippen LogP contribution in [-0.2, 0) is 11.8 Å². The van der Waals surface area contributed by atoms with Crippen molar-refractivity contribution in [2.45, 2.75) is 38.3 Å². The van der Waals surface area contributed by atoms with Gasteiger partial charge in [-0.25, -0.2) is 0 Å². The van der Waals surface area contributed by atoms with Gasteiger partial charge in [0.25, 0.3) is 5.91 Å². The van der Waals surface area contributed by atoms with Crippen LogP contribution >= 0.6 is 0 Å². The van der Waals surface area contributed by atoms with Gasteiger partial charge < -0.3 is 14.8 Å². The van der Waals surface area contributed by atoms with Crippen LogP contribution in [0.2, 0.25) is 0 Å². The number of aromatic nitrogens is 2. The lowest BCUT2D eigenvalue weighted by atomic mass is 9.94. The molecule has 3 heterocycles. The van der Waals surface area contributed by atoms with Crippen molar-refractivity contribution in [3.05, 3.63) is 53.6 Å². The van der Waals surface area contributed by atoms with E-state index in [1.165, 1.54) is 0 Å². The first-order valence-electron chi connectivity index (χ1n) is 9.17. The zero-order chi connectivity index (χ0) is 18.3. The van der Waals surface area contributed by atoms with Crippen LogP contribution in [0.1, 0.15) is 46.9 Å². The van der Waals surface area contributed by atoms with Crippen molar-refractivity contribution in [2.75, 3.05) is 6.54 Å². The molecule has 2 atom stereocenters. The number of pyridine rings is 1. The van der Waals surface area contributed by atoms with E-state index in [4.69, 9.17) is 0 Å². The predicted octanol–water partition coefficient (Wildman–Crippen LogP) is 2.21. The minimum atomic E-state index is -0.0859. The van der Waals surface area contributed by atoms with E-state index in [9.17, 15) is 9.59 Å². The first-order chi connectivity index (χ1) is 12.6. The Morgan fingerprint density at radius 1 is 1.35 bits per heavy atom. The van der Waals surface area contributed by atoms with E-state index < -0.39 is 0 Å². The Hall–Kier alpha value is -2.63. The summed E-state index contributed by atoms with van der Waals surface area (Å²) >= 11 is 0. The third kappa shape index (κ3) is 3.00. The number of carbonyl (C=O) groups is 2. The normalized spacial score (nSPS) is 22.7. The molecule has 2 aliphatic rings. The molecule has 2 fully saturated rings. The molecular weight excluding hydrogens is 328 g/mol. The molecule has 1 aliphatic heterocycles. The third-order valence-corrected chi connectivity index (χ3v) is 5.45. The molecule has 26 heavy (non-hydrogen) atoms. The second-order valence-electron chi connectivity index (χ2n) is 7.40. The highest BCUT2D eigenvalue weighted by molar-refractivity contribution is 5.94. The van der Waals surface area contributed by atoms with Crippen molar-refractivity contribution in [3.63, 3.8) is 0 Å².